The zero-order valence-corrected chi connectivity index (χ0v) is 17.4. The van der Waals surface area contributed by atoms with Crippen LogP contribution in [-0.2, 0) is 24.3 Å². The van der Waals surface area contributed by atoms with Crippen LogP contribution in [-0.4, -0.2) is 30.6 Å². The molecule has 0 aliphatic carbocycles. The number of benzene rings is 1. The van der Waals surface area contributed by atoms with Crippen molar-refractivity contribution in [3.63, 3.8) is 0 Å². The highest BCUT2D eigenvalue weighted by molar-refractivity contribution is 7.75. The quantitative estimate of drug-likeness (QED) is 0.535. The van der Waals surface area contributed by atoms with Crippen LogP contribution >= 0.6 is 0 Å². The number of carbonyl (C=O) groups is 2. The Hall–Kier alpha value is -2.42. The molecular weight excluding hydrogens is 384 g/mol. The van der Waals surface area contributed by atoms with Crippen LogP contribution in [0.1, 0.15) is 41.0 Å². The van der Waals surface area contributed by atoms with E-state index in [1.54, 1.807) is 32.9 Å². The van der Waals surface area contributed by atoms with Crippen LogP contribution in [0.3, 0.4) is 0 Å². The highest BCUT2D eigenvalue weighted by atomic mass is 32.2. The predicted molar refractivity (Wildman–Crippen MR) is 104 cm³/mol. The van der Waals surface area contributed by atoms with Gasteiger partial charge < -0.3 is 22.8 Å². The molecule has 1 aromatic carbocycles. The van der Waals surface area contributed by atoms with E-state index in [2.05, 4.69) is 9.36 Å². The monoisotopic (exact) mass is 409 g/mol. The van der Waals surface area contributed by atoms with E-state index < -0.39 is 34.1 Å². The molecule has 28 heavy (non-hydrogen) atoms. The van der Waals surface area contributed by atoms with Gasteiger partial charge >= 0.3 is 6.09 Å². The molecule has 2 amide bonds. The summed E-state index contributed by atoms with van der Waals surface area (Å²) in [5.74, 6) is -0.531. The summed E-state index contributed by atoms with van der Waals surface area (Å²) in [5, 5.41) is 0. The molecule has 8 nitrogen and oxygen atoms in total. The summed E-state index contributed by atoms with van der Waals surface area (Å²) in [4.78, 5) is 28.4. The van der Waals surface area contributed by atoms with Gasteiger partial charge in [-0.05, 0) is 38.8 Å². The molecular formula is C19H25N2O6S-. The van der Waals surface area contributed by atoms with Crippen molar-refractivity contribution in [1.82, 2.24) is 0 Å². The highest BCUT2D eigenvalue weighted by Gasteiger charge is 2.22. The van der Waals surface area contributed by atoms with Crippen LogP contribution in [0.4, 0.5) is 4.79 Å². The van der Waals surface area contributed by atoms with Crippen molar-refractivity contribution in [3.8, 4) is 11.5 Å². The van der Waals surface area contributed by atoms with Crippen LogP contribution in [0.25, 0.3) is 0 Å². The van der Waals surface area contributed by atoms with Crippen LogP contribution in [0.5, 0.6) is 11.5 Å². The molecule has 0 bridgehead atoms. The van der Waals surface area contributed by atoms with Crippen molar-refractivity contribution in [2.75, 3.05) is 6.79 Å². The van der Waals surface area contributed by atoms with Crippen LogP contribution in [0.15, 0.2) is 32.4 Å². The standard InChI is InChI=1S/C19H25N2O6S/c1-6-12(2)14(10-20-18(23)27-19(3,4)5)17(22)21-28(24)13-7-8-15-16(9-13)26-11-25-15/h7-10,12,14H,6,11H2,1-5H3/q-1/t12-,14?/m0/s1. The third kappa shape index (κ3) is 6.05. The molecule has 1 heterocycles. The normalized spacial score (nSPS) is 16.8. The lowest BCUT2D eigenvalue weighted by molar-refractivity contribution is -0.120. The predicted octanol–water partition coefficient (Wildman–Crippen LogP) is 4.12. The second kappa shape index (κ2) is 9.18. The maximum Gasteiger partial charge on any atom is 0.433 e. The van der Waals surface area contributed by atoms with Crippen molar-refractivity contribution in [1.29, 1.82) is 0 Å². The third-order valence-corrected chi connectivity index (χ3v) is 5.00. The van der Waals surface area contributed by atoms with E-state index >= 15 is 0 Å². The number of rotatable bonds is 5. The Morgan fingerprint density at radius 2 is 1.96 bits per heavy atom. The maximum absolute atomic E-state index is 12.6. The molecule has 1 unspecified atom stereocenters. The zero-order chi connectivity index (χ0) is 20.9. The van der Waals surface area contributed by atoms with E-state index in [-0.39, 0.29) is 12.7 Å². The molecule has 0 N–H and O–H groups in total. The van der Waals surface area contributed by atoms with E-state index in [1.165, 1.54) is 12.3 Å². The average Bonchev–Trinajstić information content (AvgIpc) is 3.07. The molecule has 9 heteroatoms. The van der Waals surface area contributed by atoms with Gasteiger partial charge in [-0.15, -0.1) is 0 Å². The van der Waals surface area contributed by atoms with Crippen molar-refractivity contribution in [2.45, 2.75) is 51.5 Å². The van der Waals surface area contributed by atoms with E-state index in [9.17, 15) is 13.8 Å². The lowest BCUT2D eigenvalue weighted by Gasteiger charge is -2.19. The van der Waals surface area contributed by atoms with Gasteiger partial charge in [-0.1, -0.05) is 31.2 Å². The van der Waals surface area contributed by atoms with Crippen molar-refractivity contribution in [2.24, 2.45) is 21.2 Å². The number of aliphatic imine (C=N–C) groups is 1. The fraction of sp³-hybridized carbons (Fsp3) is 0.526. The fourth-order valence-corrected chi connectivity index (χ4v) is 3.10. The number of nitrogens with zero attached hydrogens (tertiary/aromatic N) is 2. The molecule has 2 atom stereocenters. The fourth-order valence-electron chi connectivity index (χ4n) is 2.32. The van der Waals surface area contributed by atoms with Gasteiger partial charge in [-0.25, -0.2) is 4.79 Å². The lowest BCUT2D eigenvalue weighted by atomic mass is 9.92. The maximum atomic E-state index is 12.6. The molecule has 0 radical (unpaired) electrons. The van der Waals surface area contributed by atoms with Gasteiger partial charge in [0.25, 0.3) is 0 Å². The van der Waals surface area contributed by atoms with E-state index in [4.69, 9.17) is 14.2 Å². The summed E-state index contributed by atoms with van der Waals surface area (Å²) in [6.07, 6.45) is 1.10. The first-order valence-corrected chi connectivity index (χ1v) is 10.1. The Balaban J connectivity index is 2.19. The Bertz CT molecular complexity index is 852. The van der Waals surface area contributed by atoms with E-state index in [0.29, 0.717) is 22.8 Å². The topological polar surface area (TPSA) is 104 Å². The molecule has 154 valence electrons. The minimum absolute atomic E-state index is 0.0959. The first-order valence-electron chi connectivity index (χ1n) is 8.95. The zero-order valence-electron chi connectivity index (χ0n) is 16.6. The molecule has 0 saturated carbocycles. The summed E-state index contributed by atoms with van der Waals surface area (Å²) in [6, 6.07) is 4.71. The van der Waals surface area contributed by atoms with Gasteiger partial charge in [0.05, 0.1) is 5.92 Å². The summed E-state index contributed by atoms with van der Waals surface area (Å²) in [7, 11) is -1.91. The molecule has 0 aromatic heterocycles. The van der Waals surface area contributed by atoms with Crippen molar-refractivity contribution in [3.05, 3.63) is 18.2 Å². The second-order valence-corrected chi connectivity index (χ2v) is 8.52. The van der Waals surface area contributed by atoms with Crippen LogP contribution in [0, 0.1) is 11.8 Å². The van der Waals surface area contributed by atoms with Gasteiger partial charge in [0, 0.05) is 6.21 Å². The Kier molecular flexibility index (Phi) is 7.17. The number of fused-ring (bicyclic) bond motifs is 1. The molecule has 2 rings (SSSR count). The molecule has 0 fully saturated rings. The first-order chi connectivity index (χ1) is 13.1. The summed E-state index contributed by atoms with van der Waals surface area (Å²) >= 11 is 0. The van der Waals surface area contributed by atoms with Gasteiger partial charge in [0.15, 0.2) is 11.5 Å². The third-order valence-electron chi connectivity index (χ3n) is 3.99. The van der Waals surface area contributed by atoms with Crippen LogP contribution < -0.4 is 9.47 Å². The highest BCUT2D eigenvalue weighted by Crippen LogP contribution is 2.33. The number of ether oxygens (including phenoxy) is 3. The number of hydrogen-bond donors (Lipinski definition) is 0. The number of amides is 2. The number of hydrogen-bond acceptors (Lipinski definition) is 7. The van der Waals surface area contributed by atoms with Gasteiger partial charge in [-0.3, -0.25) is 4.79 Å². The average molecular weight is 409 g/mol. The van der Waals surface area contributed by atoms with Gasteiger partial charge in [0.2, 0.25) is 12.7 Å². The van der Waals surface area contributed by atoms with Gasteiger partial charge in [0.1, 0.15) is 5.60 Å². The van der Waals surface area contributed by atoms with Gasteiger partial charge in [-0.2, -0.15) is 15.6 Å². The molecule has 1 aliphatic heterocycles. The smallest absolute Gasteiger partial charge is 0.433 e. The molecule has 0 saturated heterocycles. The second-order valence-electron chi connectivity index (χ2n) is 7.36. The van der Waals surface area contributed by atoms with Crippen molar-refractivity contribution < 1.29 is 28.0 Å². The lowest BCUT2D eigenvalue weighted by Crippen LogP contribution is -2.25. The van der Waals surface area contributed by atoms with Crippen molar-refractivity contribution >= 4 is 28.8 Å². The Morgan fingerprint density at radius 1 is 1.29 bits per heavy atom. The molecule has 1 aromatic rings. The van der Waals surface area contributed by atoms with E-state index in [1.807, 2.05) is 13.8 Å². The first kappa shape index (κ1) is 21.9. The Labute approximate surface area is 166 Å². The number of carbonyl (C=O) groups excluding carboxylic acids is 2. The summed E-state index contributed by atoms with van der Waals surface area (Å²) < 4.78 is 31.8. The SMILES string of the molecule is CC[C@H](C)C(C=NC(=O)OC(C)(C)C)C(=O)N=[S-](=O)c1ccc2c(c1)OCO2. The van der Waals surface area contributed by atoms with E-state index in [0.717, 1.165) is 0 Å². The largest absolute Gasteiger partial charge is 0.454 e. The Morgan fingerprint density at radius 3 is 2.61 bits per heavy atom. The summed E-state index contributed by atoms with van der Waals surface area (Å²) in [6.45, 7) is 9.01. The molecule has 0 spiro atoms. The summed E-state index contributed by atoms with van der Waals surface area (Å²) in [5.41, 5.74) is -0.685. The minimum atomic E-state index is -1.91. The van der Waals surface area contributed by atoms with Crippen LogP contribution in [0.2, 0.25) is 0 Å². The molecule has 1 aliphatic rings. The minimum Gasteiger partial charge on any atom is -0.454 e.